The van der Waals surface area contributed by atoms with Gasteiger partial charge in [-0.2, -0.15) is 17.4 Å². The molecule has 2 heterocycles. The first-order chi connectivity index (χ1) is 10.0. The molecule has 0 saturated carbocycles. The zero-order chi connectivity index (χ0) is 14.9. The Morgan fingerprint density at radius 3 is 2.95 bits per heavy atom. The maximum absolute atomic E-state index is 12.3. The summed E-state index contributed by atoms with van der Waals surface area (Å²) in [6.07, 6.45) is 2.01. The van der Waals surface area contributed by atoms with Gasteiger partial charge in [0.15, 0.2) is 11.5 Å². The average molecular weight is 312 g/mol. The minimum absolute atomic E-state index is 0.218. The highest BCUT2D eigenvalue weighted by Crippen LogP contribution is 2.32. The molecular formula is C14H20N2O4S. The van der Waals surface area contributed by atoms with Crippen LogP contribution in [0.4, 0.5) is 0 Å². The smallest absolute Gasteiger partial charge is 0.279 e. The van der Waals surface area contributed by atoms with Gasteiger partial charge in [-0.3, -0.25) is 0 Å². The second-order valence-electron chi connectivity index (χ2n) is 5.62. The standard InChI is InChI=1S/C14H20N2O4S/c1-11-3-2-6-16(9-11)21(17,18)15-8-12-4-5-13-14(7-12)20-10-19-13/h4-5,7,11,15H,2-3,6,8-10H2,1H3/t11-/m1/s1. The van der Waals surface area contributed by atoms with Crippen LogP contribution < -0.4 is 14.2 Å². The van der Waals surface area contributed by atoms with Crippen molar-refractivity contribution in [2.24, 2.45) is 5.92 Å². The number of rotatable bonds is 4. The van der Waals surface area contributed by atoms with Crippen molar-refractivity contribution in [1.29, 1.82) is 0 Å². The number of fused-ring (bicyclic) bond motifs is 1. The van der Waals surface area contributed by atoms with Crippen LogP contribution in [-0.4, -0.2) is 32.6 Å². The fraction of sp³-hybridized carbons (Fsp3) is 0.571. The molecule has 0 aliphatic carbocycles. The summed E-state index contributed by atoms with van der Waals surface area (Å²) in [5, 5.41) is 0. The van der Waals surface area contributed by atoms with E-state index in [2.05, 4.69) is 11.6 Å². The molecule has 1 N–H and O–H groups in total. The fourth-order valence-corrected chi connectivity index (χ4v) is 4.03. The van der Waals surface area contributed by atoms with Gasteiger partial charge < -0.3 is 9.47 Å². The number of piperidine rings is 1. The van der Waals surface area contributed by atoms with Crippen LogP contribution in [0.3, 0.4) is 0 Å². The topological polar surface area (TPSA) is 67.9 Å². The van der Waals surface area contributed by atoms with E-state index in [1.165, 1.54) is 4.31 Å². The fourth-order valence-electron chi connectivity index (χ4n) is 2.68. The Kier molecular flexibility index (Phi) is 4.05. The molecule has 1 atom stereocenters. The lowest BCUT2D eigenvalue weighted by Crippen LogP contribution is -2.45. The zero-order valence-electron chi connectivity index (χ0n) is 12.0. The maximum atomic E-state index is 12.3. The van der Waals surface area contributed by atoms with Crippen LogP contribution in [0.15, 0.2) is 18.2 Å². The van der Waals surface area contributed by atoms with Crippen LogP contribution in [0.2, 0.25) is 0 Å². The van der Waals surface area contributed by atoms with Gasteiger partial charge in [-0.1, -0.05) is 13.0 Å². The number of hydrogen-bond donors (Lipinski definition) is 1. The van der Waals surface area contributed by atoms with Crippen molar-refractivity contribution in [2.45, 2.75) is 26.3 Å². The van der Waals surface area contributed by atoms with E-state index in [4.69, 9.17) is 9.47 Å². The molecule has 0 spiro atoms. The van der Waals surface area contributed by atoms with Crippen molar-refractivity contribution in [3.8, 4) is 11.5 Å². The highest BCUT2D eigenvalue weighted by Gasteiger charge is 2.26. The summed E-state index contributed by atoms with van der Waals surface area (Å²) in [7, 11) is -3.42. The lowest BCUT2D eigenvalue weighted by atomic mass is 10.0. The number of ether oxygens (including phenoxy) is 2. The third kappa shape index (κ3) is 3.30. The third-order valence-electron chi connectivity index (χ3n) is 3.86. The van der Waals surface area contributed by atoms with Crippen LogP contribution in [0.1, 0.15) is 25.3 Å². The third-order valence-corrected chi connectivity index (χ3v) is 5.38. The molecule has 0 amide bonds. The lowest BCUT2D eigenvalue weighted by molar-refractivity contribution is 0.174. The highest BCUT2D eigenvalue weighted by atomic mass is 32.2. The predicted octanol–water partition coefficient (Wildman–Crippen LogP) is 1.48. The normalized spacial score (nSPS) is 22.4. The van der Waals surface area contributed by atoms with E-state index in [0.717, 1.165) is 18.4 Å². The summed E-state index contributed by atoms with van der Waals surface area (Å²) >= 11 is 0. The zero-order valence-corrected chi connectivity index (χ0v) is 12.9. The van der Waals surface area contributed by atoms with Gasteiger partial charge in [0.1, 0.15) is 0 Å². The summed E-state index contributed by atoms with van der Waals surface area (Å²) in [6, 6.07) is 5.45. The van der Waals surface area contributed by atoms with Gasteiger partial charge in [0.05, 0.1) is 0 Å². The van der Waals surface area contributed by atoms with E-state index in [0.29, 0.717) is 30.5 Å². The first kappa shape index (κ1) is 14.6. The molecule has 0 unspecified atom stereocenters. The molecule has 1 aromatic carbocycles. The molecule has 7 heteroatoms. The van der Waals surface area contributed by atoms with E-state index in [1.807, 2.05) is 12.1 Å². The van der Waals surface area contributed by atoms with Gasteiger partial charge in [-0.25, -0.2) is 0 Å². The summed E-state index contributed by atoms with van der Waals surface area (Å²) in [5.41, 5.74) is 0.855. The van der Waals surface area contributed by atoms with E-state index in [1.54, 1.807) is 6.07 Å². The molecular weight excluding hydrogens is 292 g/mol. The van der Waals surface area contributed by atoms with Crippen molar-refractivity contribution < 1.29 is 17.9 Å². The predicted molar refractivity (Wildman–Crippen MR) is 78.3 cm³/mol. The SMILES string of the molecule is C[C@@H]1CCCN(S(=O)(=O)NCc2ccc3c(c2)OCO3)C1. The van der Waals surface area contributed by atoms with Gasteiger partial charge in [-0.05, 0) is 36.5 Å². The van der Waals surface area contributed by atoms with Crippen LogP contribution in [0.25, 0.3) is 0 Å². The second kappa shape index (κ2) is 5.82. The summed E-state index contributed by atoms with van der Waals surface area (Å²) in [5.74, 6) is 1.78. The molecule has 2 aliphatic heterocycles. The van der Waals surface area contributed by atoms with Crippen LogP contribution in [-0.2, 0) is 16.8 Å². The minimum Gasteiger partial charge on any atom is -0.454 e. The second-order valence-corrected chi connectivity index (χ2v) is 7.37. The molecule has 1 aromatic rings. The Morgan fingerprint density at radius 2 is 2.14 bits per heavy atom. The van der Waals surface area contributed by atoms with Gasteiger partial charge in [0.25, 0.3) is 10.2 Å². The Bertz CT molecular complexity index is 617. The molecule has 1 fully saturated rings. The van der Waals surface area contributed by atoms with Crippen molar-refractivity contribution >= 4 is 10.2 Å². The van der Waals surface area contributed by atoms with Crippen LogP contribution in [0, 0.1) is 5.92 Å². The molecule has 21 heavy (non-hydrogen) atoms. The van der Waals surface area contributed by atoms with Crippen molar-refractivity contribution in [3.63, 3.8) is 0 Å². The van der Waals surface area contributed by atoms with Crippen LogP contribution in [0.5, 0.6) is 11.5 Å². The van der Waals surface area contributed by atoms with Gasteiger partial charge in [-0.15, -0.1) is 0 Å². The summed E-state index contributed by atoms with van der Waals surface area (Å²) < 4.78 is 39.3. The molecule has 2 aliphatic rings. The monoisotopic (exact) mass is 312 g/mol. The Morgan fingerprint density at radius 1 is 1.33 bits per heavy atom. The molecule has 0 aromatic heterocycles. The lowest BCUT2D eigenvalue weighted by Gasteiger charge is -2.30. The number of hydrogen-bond acceptors (Lipinski definition) is 4. The minimum atomic E-state index is -3.42. The van der Waals surface area contributed by atoms with E-state index < -0.39 is 10.2 Å². The molecule has 3 rings (SSSR count). The Balaban J connectivity index is 1.63. The molecule has 0 radical (unpaired) electrons. The van der Waals surface area contributed by atoms with Crippen molar-refractivity contribution in [1.82, 2.24) is 9.03 Å². The molecule has 6 nitrogen and oxygen atoms in total. The largest absolute Gasteiger partial charge is 0.454 e. The summed E-state index contributed by atoms with van der Waals surface area (Å²) in [4.78, 5) is 0. The van der Waals surface area contributed by atoms with Gasteiger partial charge in [0, 0.05) is 19.6 Å². The quantitative estimate of drug-likeness (QED) is 0.914. The first-order valence-electron chi connectivity index (χ1n) is 7.18. The van der Waals surface area contributed by atoms with Gasteiger partial charge in [0.2, 0.25) is 6.79 Å². The average Bonchev–Trinajstić information content (AvgIpc) is 2.93. The van der Waals surface area contributed by atoms with E-state index in [9.17, 15) is 8.42 Å². The van der Waals surface area contributed by atoms with E-state index in [-0.39, 0.29) is 13.3 Å². The van der Waals surface area contributed by atoms with Crippen molar-refractivity contribution in [2.75, 3.05) is 19.9 Å². The molecule has 0 bridgehead atoms. The Labute approximate surface area is 125 Å². The van der Waals surface area contributed by atoms with Crippen molar-refractivity contribution in [3.05, 3.63) is 23.8 Å². The number of nitrogens with one attached hydrogen (secondary N) is 1. The maximum Gasteiger partial charge on any atom is 0.279 e. The Hall–Kier alpha value is -1.31. The summed E-state index contributed by atoms with van der Waals surface area (Å²) in [6.45, 7) is 3.75. The van der Waals surface area contributed by atoms with E-state index >= 15 is 0 Å². The number of benzene rings is 1. The van der Waals surface area contributed by atoms with Crippen LogP contribution >= 0.6 is 0 Å². The highest BCUT2D eigenvalue weighted by molar-refractivity contribution is 7.87. The molecule has 116 valence electrons. The first-order valence-corrected chi connectivity index (χ1v) is 8.62. The molecule has 1 saturated heterocycles. The number of nitrogens with zero attached hydrogens (tertiary/aromatic N) is 1. The van der Waals surface area contributed by atoms with Gasteiger partial charge >= 0.3 is 0 Å².